The minimum atomic E-state index is -0.889. The van der Waals surface area contributed by atoms with E-state index in [0.717, 1.165) is 22.3 Å². The van der Waals surface area contributed by atoms with Crippen molar-refractivity contribution < 1.29 is 18.7 Å². The fraction of sp³-hybridized carbons (Fsp3) is 0.286. The van der Waals surface area contributed by atoms with Crippen molar-refractivity contribution in [2.45, 2.75) is 39.7 Å². The van der Waals surface area contributed by atoms with E-state index in [1.165, 1.54) is 0 Å². The predicted molar refractivity (Wildman–Crippen MR) is 102 cm³/mol. The zero-order valence-electron chi connectivity index (χ0n) is 15.6. The number of aryl methyl sites for hydroxylation is 3. The van der Waals surface area contributed by atoms with Crippen molar-refractivity contribution in [2.75, 3.05) is 5.32 Å². The zero-order chi connectivity index (χ0) is 19.4. The average Bonchev–Trinajstić information content (AvgIpc) is 3.06. The van der Waals surface area contributed by atoms with Crippen LogP contribution in [-0.2, 0) is 20.7 Å². The van der Waals surface area contributed by atoms with E-state index in [2.05, 4.69) is 10.3 Å². The molecule has 1 amide bonds. The van der Waals surface area contributed by atoms with Gasteiger partial charge in [0.1, 0.15) is 5.52 Å². The van der Waals surface area contributed by atoms with Crippen molar-refractivity contribution in [3.63, 3.8) is 0 Å². The van der Waals surface area contributed by atoms with Crippen LogP contribution in [0.1, 0.15) is 30.4 Å². The summed E-state index contributed by atoms with van der Waals surface area (Å²) in [5.74, 6) is -0.357. The molecule has 1 N–H and O–H groups in total. The maximum atomic E-state index is 12.3. The second kappa shape index (κ2) is 8.03. The quantitative estimate of drug-likeness (QED) is 0.668. The molecule has 0 saturated carbocycles. The van der Waals surface area contributed by atoms with Gasteiger partial charge in [-0.05, 0) is 44.0 Å². The van der Waals surface area contributed by atoms with E-state index in [4.69, 9.17) is 9.15 Å². The van der Waals surface area contributed by atoms with Gasteiger partial charge < -0.3 is 14.5 Å². The first-order valence-corrected chi connectivity index (χ1v) is 8.85. The van der Waals surface area contributed by atoms with E-state index in [9.17, 15) is 9.59 Å². The highest BCUT2D eigenvalue weighted by molar-refractivity contribution is 5.96. The SMILES string of the molecule is Cc1cccc(C)c1NC(=O)[C@@H](C)OC(=O)CCc1nc2ccccc2o1. The molecule has 0 radical (unpaired) electrons. The molecular formula is C21H22N2O4. The number of carbonyl (C=O) groups excluding carboxylic acids is 2. The number of oxazole rings is 1. The normalized spacial score (nSPS) is 12.0. The Morgan fingerprint density at radius 3 is 2.52 bits per heavy atom. The number of benzene rings is 2. The van der Waals surface area contributed by atoms with Gasteiger partial charge in [-0.2, -0.15) is 0 Å². The zero-order valence-corrected chi connectivity index (χ0v) is 15.6. The van der Waals surface area contributed by atoms with E-state index in [0.29, 0.717) is 17.9 Å². The van der Waals surface area contributed by atoms with Gasteiger partial charge in [0.05, 0.1) is 6.42 Å². The number of aromatic nitrogens is 1. The van der Waals surface area contributed by atoms with Crippen LogP contribution in [0.15, 0.2) is 46.9 Å². The van der Waals surface area contributed by atoms with Crippen LogP contribution in [0.4, 0.5) is 5.69 Å². The minimum absolute atomic E-state index is 0.0911. The van der Waals surface area contributed by atoms with Crippen LogP contribution in [0.2, 0.25) is 0 Å². The highest BCUT2D eigenvalue weighted by Gasteiger charge is 2.19. The molecule has 0 saturated heterocycles. The van der Waals surface area contributed by atoms with Crippen LogP contribution >= 0.6 is 0 Å². The Morgan fingerprint density at radius 2 is 1.81 bits per heavy atom. The highest BCUT2D eigenvalue weighted by atomic mass is 16.5. The number of para-hydroxylation sites is 3. The van der Waals surface area contributed by atoms with Crippen molar-refractivity contribution in [1.29, 1.82) is 0 Å². The van der Waals surface area contributed by atoms with Gasteiger partial charge in [-0.25, -0.2) is 4.98 Å². The minimum Gasteiger partial charge on any atom is -0.453 e. The van der Waals surface area contributed by atoms with Crippen molar-refractivity contribution in [3.05, 3.63) is 59.5 Å². The highest BCUT2D eigenvalue weighted by Crippen LogP contribution is 2.20. The first-order valence-electron chi connectivity index (χ1n) is 8.85. The number of nitrogens with one attached hydrogen (secondary N) is 1. The Morgan fingerprint density at radius 1 is 1.11 bits per heavy atom. The maximum absolute atomic E-state index is 12.3. The van der Waals surface area contributed by atoms with Gasteiger partial charge in [0, 0.05) is 12.1 Å². The van der Waals surface area contributed by atoms with E-state index in [1.807, 2.05) is 56.3 Å². The Balaban J connectivity index is 1.53. The average molecular weight is 366 g/mol. The van der Waals surface area contributed by atoms with Gasteiger partial charge in [-0.1, -0.05) is 30.3 Å². The molecule has 140 valence electrons. The summed E-state index contributed by atoms with van der Waals surface area (Å²) >= 11 is 0. The van der Waals surface area contributed by atoms with E-state index in [1.54, 1.807) is 6.92 Å². The van der Waals surface area contributed by atoms with Gasteiger partial charge in [0.2, 0.25) is 0 Å². The largest absolute Gasteiger partial charge is 0.453 e. The lowest BCUT2D eigenvalue weighted by Gasteiger charge is -2.16. The first-order chi connectivity index (χ1) is 12.9. The van der Waals surface area contributed by atoms with Crippen LogP contribution in [0.5, 0.6) is 0 Å². The smallest absolute Gasteiger partial charge is 0.307 e. The molecule has 0 bridgehead atoms. The van der Waals surface area contributed by atoms with Crippen LogP contribution in [0.25, 0.3) is 11.1 Å². The first kappa shape index (κ1) is 18.6. The molecule has 0 aliphatic rings. The number of hydrogen-bond donors (Lipinski definition) is 1. The molecule has 6 nitrogen and oxygen atoms in total. The van der Waals surface area contributed by atoms with Gasteiger partial charge in [0.25, 0.3) is 5.91 Å². The summed E-state index contributed by atoms with van der Waals surface area (Å²) in [5, 5.41) is 2.83. The fourth-order valence-electron chi connectivity index (χ4n) is 2.78. The third kappa shape index (κ3) is 4.53. The molecule has 3 rings (SSSR count). The fourth-order valence-corrected chi connectivity index (χ4v) is 2.78. The molecule has 0 spiro atoms. The van der Waals surface area contributed by atoms with Crippen molar-refractivity contribution >= 4 is 28.7 Å². The monoisotopic (exact) mass is 366 g/mol. The van der Waals surface area contributed by atoms with Crippen molar-refractivity contribution in [2.24, 2.45) is 0 Å². The standard InChI is InChI=1S/C21H22N2O4/c1-13-7-6-8-14(2)20(13)23-21(25)15(3)26-19(24)12-11-18-22-16-9-4-5-10-17(16)27-18/h4-10,15H,11-12H2,1-3H3,(H,23,25)/t15-/m1/s1. The molecule has 0 aliphatic carbocycles. The van der Waals surface area contributed by atoms with E-state index in [-0.39, 0.29) is 12.3 Å². The molecule has 1 atom stereocenters. The molecule has 1 aromatic heterocycles. The van der Waals surface area contributed by atoms with Crippen molar-refractivity contribution in [1.82, 2.24) is 4.98 Å². The van der Waals surface area contributed by atoms with Gasteiger partial charge >= 0.3 is 5.97 Å². The lowest BCUT2D eigenvalue weighted by atomic mass is 10.1. The Bertz CT molecular complexity index is 924. The second-order valence-corrected chi connectivity index (χ2v) is 6.46. The predicted octanol–water partition coefficient (Wildman–Crippen LogP) is 3.95. The number of carbonyl (C=O) groups is 2. The van der Waals surface area contributed by atoms with E-state index >= 15 is 0 Å². The summed E-state index contributed by atoms with van der Waals surface area (Å²) in [4.78, 5) is 28.7. The maximum Gasteiger partial charge on any atom is 0.307 e. The lowest BCUT2D eigenvalue weighted by molar-refractivity contribution is -0.153. The molecule has 27 heavy (non-hydrogen) atoms. The molecule has 0 fully saturated rings. The van der Waals surface area contributed by atoms with Crippen LogP contribution in [0.3, 0.4) is 0 Å². The summed E-state index contributed by atoms with van der Waals surface area (Å²) in [6.45, 7) is 5.39. The van der Waals surface area contributed by atoms with E-state index < -0.39 is 12.1 Å². The number of fused-ring (bicyclic) bond motifs is 1. The molecule has 0 unspecified atom stereocenters. The third-order valence-electron chi connectivity index (χ3n) is 4.29. The summed E-state index contributed by atoms with van der Waals surface area (Å²) in [7, 11) is 0. The van der Waals surface area contributed by atoms with Gasteiger partial charge in [0.15, 0.2) is 17.6 Å². The number of amides is 1. The molecule has 3 aromatic rings. The Labute approximate surface area is 157 Å². The van der Waals surface area contributed by atoms with Crippen LogP contribution in [0, 0.1) is 13.8 Å². The molecule has 6 heteroatoms. The number of ether oxygens (including phenoxy) is 1. The number of rotatable bonds is 6. The van der Waals surface area contributed by atoms with Crippen molar-refractivity contribution in [3.8, 4) is 0 Å². The topological polar surface area (TPSA) is 81.4 Å². The summed E-state index contributed by atoms with van der Waals surface area (Å²) in [6.07, 6.45) is -0.479. The second-order valence-electron chi connectivity index (χ2n) is 6.46. The molecular weight excluding hydrogens is 344 g/mol. The Kier molecular flexibility index (Phi) is 5.54. The summed E-state index contributed by atoms with van der Waals surface area (Å²) in [6, 6.07) is 13.2. The number of esters is 1. The molecule has 1 heterocycles. The lowest BCUT2D eigenvalue weighted by Crippen LogP contribution is -2.30. The van der Waals surface area contributed by atoms with Gasteiger partial charge in [-0.3, -0.25) is 9.59 Å². The number of nitrogens with zero attached hydrogens (tertiary/aromatic N) is 1. The van der Waals surface area contributed by atoms with Crippen LogP contribution < -0.4 is 5.32 Å². The Hall–Kier alpha value is -3.15. The number of anilines is 1. The summed E-state index contributed by atoms with van der Waals surface area (Å²) in [5.41, 5.74) is 4.09. The van der Waals surface area contributed by atoms with Gasteiger partial charge in [-0.15, -0.1) is 0 Å². The third-order valence-corrected chi connectivity index (χ3v) is 4.29. The summed E-state index contributed by atoms with van der Waals surface area (Å²) < 4.78 is 10.8. The molecule has 2 aromatic carbocycles. The number of hydrogen-bond acceptors (Lipinski definition) is 5. The molecule has 0 aliphatic heterocycles. The van der Waals surface area contributed by atoms with Crippen LogP contribution in [-0.4, -0.2) is 23.0 Å².